The molecule has 0 amide bonds. The van der Waals surface area contributed by atoms with Gasteiger partial charge >= 0.3 is 0 Å². The summed E-state index contributed by atoms with van der Waals surface area (Å²) in [5.74, 6) is -0.486. The molecular formula is C8H10O2. The molecule has 2 nitrogen and oxygen atoms in total. The van der Waals surface area contributed by atoms with Crippen molar-refractivity contribution in [2.24, 2.45) is 0 Å². The summed E-state index contributed by atoms with van der Waals surface area (Å²) in [6.07, 6.45) is 0.378. The van der Waals surface area contributed by atoms with Gasteiger partial charge in [0.05, 0.1) is 4.11 Å². The maximum atomic E-state index is 7.58. The highest BCUT2D eigenvalue weighted by Gasteiger charge is 1.97. The maximum absolute atomic E-state index is 7.58. The fourth-order valence-corrected chi connectivity index (χ4v) is 0.648. The number of benzene rings is 1. The second-order valence-electron chi connectivity index (χ2n) is 1.87. The van der Waals surface area contributed by atoms with Crippen molar-refractivity contribution in [2.45, 2.75) is 13.3 Å². The van der Waals surface area contributed by atoms with E-state index in [0.29, 0.717) is 12.0 Å². The molecule has 10 heavy (non-hydrogen) atoms. The molecular weight excluding hydrogens is 128 g/mol. The van der Waals surface area contributed by atoms with E-state index in [1.54, 1.807) is 6.92 Å². The summed E-state index contributed by atoms with van der Waals surface area (Å²) in [7, 11) is 0. The summed E-state index contributed by atoms with van der Waals surface area (Å²) in [6.45, 7) is 1.73. The lowest BCUT2D eigenvalue weighted by atomic mass is 10.1. The fraction of sp³-hybridized carbons (Fsp3) is 0.250. The topological polar surface area (TPSA) is 40.5 Å². The fourth-order valence-electron chi connectivity index (χ4n) is 0.648. The van der Waals surface area contributed by atoms with Crippen molar-refractivity contribution in [3.05, 3.63) is 23.7 Å². The van der Waals surface area contributed by atoms with Crippen LogP contribution in [-0.2, 0) is 6.42 Å². The quantitative estimate of drug-likeness (QED) is 0.675. The Balaban J connectivity index is 3.57. The van der Waals surface area contributed by atoms with Crippen LogP contribution in [0.25, 0.3) is 0 Å². The zero-order valence-electron chi connectivity index (χ0n) is 10.5. The van der Waals surface area contributed by atoms with Crippen molar-refractivity contribution >= 4 is 0 Å². The molecule has 0 saturated heterocycles. The Labute approximate surface area is 66.9 Å². The Morgan fingerprint density at radius 3 is 3.10 bits per heavy atom. The van der Waals surface area contributed by atoms with Crippen LogP contribution in [0.15, 0.2) is 18.1 Å². The summed E-state index contributed by atoms with van der Waals surface area (Å²) in [5, 5.41) is 8.33. The molecule has 0 bridgehead atoms. The van der Waals surface area contributed by atoms with Crippen LogP contribution in [0.3, 0.4) is 0 Å². The van der Waals surface area contributed by atoms with E-state index in [-0.39, 0.29) is 29.6 Å². The van der Waals surface area contributed by atoms with E-state index >= 15 is 0 Å². The van der Waals surface area contributed by atoms with E-state index in [2.05, 4.69) is 10.2 Å². The van der Waals surface area contributed by atoms with Crippen LogP contribution in [0.5, 0.6) is 11.5 Å². The zero-order chi connectivity index (χ0) is 11.6. The molecule has 1 rings (SSSR count). The Hall–Kier alpha value is -1.18. The molecule has 0 saturated carbocycles. The van der Waals surface area contributed by atoms with Crippen molar-refractivity contribution < 1.29 is 14.3 Å². The van der Waals surface area contributed by atoms with E-state index in [1.807, 2.05) is 0 Å². The Morgan fingerprint density at radius 1 is 1.60 bits per heavy atom. The molecule has 0 atom stereocenters. The minimum absolute atomic E-state index is 0.124. The predicted molar refractivity (Wildman–Crippen MR) is 39.1 cm³/mol. The molecule has 0 aliphatic rings. The molecule has 0 radical (unpaired) electrons. The van der Waals surface area contributed by atoms with E-state index in [1.165, 1.54) is 0 Å². The van der Waals surface area contributed by atoms with Crippen LogP contribution >= 0.6 is 0 Å². The highest BCUT2D eigenvalue weighted by atomic mass is 16.3. The first kappa shape index (κ1) is 2.82. The summed E-state index contributed by atoms with van der Waals surface area (Å²) in [5.41, 5.74) is 0.306. The van der Waals surface area contributed by atoms with Gasteiger partial charge in [-0.05, 0) is 18.0 Å². The van der Waals surface area contributed by atoms with E-state index in [4.69, 9.17) is 6.97 Å². The third-order valence-corrected chi connectivity index (χ3v) is 1.18. The van der Waals surface area contributed by atoms with Crippen LogP contribution in [-0.4, -0.2) is 13.1 Å². The van der Waals surface area contributed by atoms with Gasteiger partial charge in [0.15, 0.2) is 0 Å². The van der Waals surface area contributed by atoms with Gasteiger partial charge < -0.3 is 10.2 Å². The van der Waals surface area contributed by atoms with Gasteiger partial charge in [-0.3, -0.25) is 0 Å². The Kier molecular flexibility index (Phi) is 0.735. The van der Waals surface area contributed by atoms with Gasteiger partial charge in [-0.2, -0.15) is 0 Å². The molecule has 0 unspecified atom stereocenters. The summed E-state index contributed by atoms with van der Waals surface area (Å²) < 4.78 is 36.1. The molecule has 0 aliphatic heterocycles. The van der Waals surface area contributed by atoms with Gasteiger partial charge in [0.1, 0.15) is 11.5 Å². The van der Waals surface area contributed by atoms with Gasteiger partial charge in [-0.15, -0.1) is 0 Å². The van der Waals surface area contributed by atoms with Gasteiger partial charge in [-0.1, -0.05) is 13.0 Å². The SMILES string of the molecule is [2H]Oc1c([2H])c([2H])c(CC)c(O[2H])c1[2H]. The summed E-state index contributed by atoms with van der Waals surface area (Å²) in [6, 6.07) is -0.830. The van der Waals surface area contributed by atoms with Gasteiger partial charge in [-0.25, -0.2) is 0 Å². The summed E-state index contributed by atoms with van der Waals surface area (Å²) in [4.78, 5) is 0. The van der Waals surface area contributed by atoms with Crippen LogP contribution in [0.4, 0.5) is 0 Å². The molecule has 0 spiro atoms. The lowest BCUT2D eigenvalue weighted by Crippen LogP contribution is -1.79. The first-order chi connectivity index (χ1) is 7.08. The third-order valence-electron chi connectivity index (χ3n) is 1.18. The zero-order valence-corrected chi connectivity index (χ0v) is 5.52. The van der Waals surface area contributed by atoms with Gasteiger partial charge in [0.2, 0.25) is 0 Å². The van der Waals surface area contributed by atoms with E-state index in [0.717, 1.165) is 0 Å². The van der Waals surface area contributed by atoms with E-state index < -0.39 is 0 Å². The van der Waals surface area contributed by atoms with E-state index in [9.17, 15) is 0 Å². The highest BCUT2D eigenvalue weighted by molar-refractivity contribution is 5.38. The second kappa shape index (κ2) is 2.60. The standard InChI is InChI=1S/C8H10O2/c1-2-6-3-4-7(9)5-8(6)10/h3-5,9-10H,2H2,1H3/i3D,4D,5D/hD2. The van der Waals surface area contributed by atoms with Crippen LogP contribution in [0, 0.1) is 0 Å². The predicted octanol–water partition coefficient (Wildman–Crippen LogP) is 1.66. The van der Waals surface area contributed by atoms with Crippen molar-refractivity contribution in [3.63, 3.8) is 0 Å². The largest absolute Gasteiger partial charge is 0.508 e. The monoisotopic (exact) mass is 143 g/mol. The van der Waals surface area contributed by atoms with Crippen LogP contribution < -0.4 is 0 Å². The van der Waals surface area contributed by atoms with Crippen LogP contribution in [0.1, 0.15) is 16.6 Å². The number of aromatic hydroxyl groups is 2. The first-order valence-corrected chi connectivity index (χ1v) is 2.97. The first-order valence-electron chi connectivity index (χ1n) is 5.29. The molecule has 0 fully saturated rings. The molecule has 0 aliphatic carbocycles. The smallest absolute Gasteiger partial charge is 0.293 e. The number of hydrogen-bond donors (Lipinski definition) is 2. The van der Waals surface area contributed by atoms with Gasteiger partial charge in [0.25, 0.3) is 2.86 Å². The number of rotatable bonds is 3. The summed E-state index contributed by atoms with van der Waals surface area (Å²) >= 11 is 0. The van der Waals surface area contributed by atoms with Crippen LogP contribution in [0.2, 0.25) is 0 Å². The third kappa shape index (κ3) is 1.21. The molecule has 2 heteroatoms. The molecule has 1 aromatic rings. The van der Waals surface area contributed by atoms with Gasteiger partial charge in [0, 0.05) is 6.04 Å². The number of phenolic OH excluding ortho intramolecular Hbond substituents is 2. The molecule has 0 aromatic heterocycles. The Bertz CT molecular complexity index is 380. The second-order valence-corrected chi connectivity index (χ2v) is 1.87. The molecule has 1 aromatic carbocycles. The average Bonchev–Trinajstić information content (AvgIpc) is 2.23. The minimum Gasteiger partial charge on any atom is -0.508 e. The lowest BCUT2D eigenvalue weighted by Gasteiger charge is -1.99. The molecule has 54 valence electrons. The highest BCUT2D eigenvalue weighted by Crippen LogP contribution is 2.22. The van der Waals surface area contributed by atoms with Crippen molar-refractivity contribution in [2.75, 3.05) is 0 Å². The number of hydrogen-bond acceptors (Lipinski definition) is 2. The molecule has 0 heterocycles. The molecule has 2 N–H and O–H groups in total. The average molecular weight is 143 g/mol. The van der Waals surface area contributed by atoms with Crippen molar-refractivity contribution in [1.29, 1.82) is 2.86 Å². The Morgan fingerprint density at radius 2 is 2.50 bits per heavy atom. The minimum atomic E-state index is -0.362. The van der Waals surface area contributed by atoms with Crippen molar-refractivity contribution in [1.82, 2.24) is 0 Å². The normalized spacial score (nSPS) is 15.9. The van der Waals surface area contributed by atoms with Crippen molar-refractivity contribution in [3.8, 4) is 11.5 Å². The number of phenols is 2. The maximum Gasteiger partial charge on any atom is 0.293 e. The lowest BCUT2D eigenvalue weighted by molar-refractivity contribution is 0.446.